The highest BCUT2D eigenvalue weighted by atomic mass is 79.9. The second-order valence-electron chi connectivity index (χ2n) is 4.16. The van der Waals surface area contributed by atoms with Crippen molar-refractivity contribution in [1.29, 1.82) is 0 Å². The average molecular weight is 300 g/mol. The summed E-state index contributed by atoms with van der Waals surface area (Å²) in [6, 6.07) is 3.11. The van der Waals surface area contributed by atoms with Crippen LogP contribution in [-0.2, 0) is 0 Å². The number of aromatic hydroxyl groups is 1. The van der Waals surface area contributed by atoms with E-state index in [0.29, 0.717) is 5.56 Å². The minimum Gasteiger partial charge on any atom is -0.507 e. The Morgan fingerprint density at radius 3 is 2.76 bits per heavy atom. The molecule has 0 aliphatic carbocycles. The zero-order valence-corrected chi connectivity index (χ0v) is 10.8. The molecule has 5 heteroatoms. The summed E-state index contributed by atoms with van der Waals surface area (Å²) in [5.74, 6) is -1.24. The number of rotatable bonds is 2. The lowest BCUT2D eigenvalue weighted by molar-refractivity contribution is 0.0693. The second kappa shape index (κ2) is 5.06. The molecular weight excluding hydrogens is 286 g/mol. The molecule has 1 atom stereocenters. The predicted octanol–water partition coefficient (Wildman–Crippen LogP) is 2.67. The lowest BCUT2D eigenvalue weighted by Crippen LogP contribution is -2.27. The molecule has 0 bridgehead atoms. The molecule has 0 unspecified atom stereocenters. The molecule has 1 saturated heterocycles. The third kappa shape index (κ3) is 2.45. The lowest BCUT2D eigenvalue weighted by Gasteiger charge is -2.25. The first-order valence-corrected chi connectivity index (χ1v) is 6.38. The molecule has 0 amide bonds. The summed E-state index contributed by atoms with van der Waals surface area (Å²) in [4.78, 5) is 11.0. The number of aromatic carboxylic acids is 1. The van der Waals surface area contributed by atoms with Gasteiger partial charge in [-0.25, -0.2) is 4.79 Å². The Bertz CT molecular complexity index is 442. The number of halogens is 1. The van der Waals surface area contributed by atoms with Crippen LogP contribution in [0.4, 0.5) is 0 Å². The Morgan fingerprint density at radius 1 is 1.41 bits per heavy atom. The molecule has 2 rings (SSSR count). The van der Waals surface area contributed by atoms with Gasteiger partial charge in [0.25, 0.3) is 0 Å². The molecule has 0 radical (unpaired) electrons. The van der Waals surface area contributed by atoms with Crippen LogP contribution in [0.25, 0.3) is 0 Å². The van der Waals surface area contributed by atoms with Gasteiger partial charge in [0.1, 0.15) is 11.3 Å². The van der Waals surface area contributed by atoms with E-state index in [9.17, 15) is 9.90 Å². The van der Waals surface area contributed by atoms with Crippen molar-refractivity contribution in [1.82, 2.24) is 5.32 Å². The molecular formula is C12H14BrNO3. The molecule has 1 heterocycles. The zero-order valence-electron chi connectivity index (χ0n) is 9.24. The summed E-state index contributed by atoms with van der Waals surface area (Å²) in [5.41, 5.74) is 0.611. The second-order valence-corrected chi connectivity index (χ2v) is 5.02. The van der Waals surface area contributed by atoms with E-state index in [-0.39, 0.29) is 17.4 Å². The van der Waals surface area contributed by atoms with Crippen molar-refractivity contribution in [2.45, 2.75) is 25.3 Å². The summed E-state index contributed by atoms with van der Waals surface area (Å²) in [7, 11) is 0. The van der Waals surface area contributed by atoms with Gasteiger partial charge >= 0.3 is 5.97 Å². The Hall–Kier alpha value is -1.07. The summed E-state index contributed by atoms with van der Waals surface area (Å²) >= 11 is 3.37. The molecule has 1 aromatic carbocycles. The first-order chi connectivity index (χ1) is 8.11. The largest absolute Gasteiger partial charge is 0.507 e. The van der Waals surface area contributed by atoms with Gasteiger partial charge in [0.05, 0.1) is 0 Å². The first kappa shape index (κ1) is 12.4. The highest BCUT2D eigenvalue weighted by Gasteiger charge is 2.24. The van der Waals surface area contributed by atoms with E-state index < -0.39 is 5.97 Å². The van der Waals surface area contributed by atoms with Crippen LogP contribution in [-0.4, -0.2) is 22.7 Å². The third-order valence-corrected chi connectivity index (χ3v) is 3.74. The third-order valence-electron chi connectivity index (χ3n) is 3.05. The van der Waals surface area contributed by atoms with Gasteiger partial charge in [0.15, 0.2) is 0 Å². The zero-order chi connectivity index (χ0) is 12.4. The van der Waals surface area contributed by atoms with Crippen LogP contribution in [0.1, 0.15) is 41.2 Å². The molecule has 1 aliphatic heterocycles. The Kier molecular flexibility index (Phi) is 3.69. The summed E-state index contributed by atoms with van der Waals surface area (Å²) in [6.45, 7) is 0.897. The molecule has 92 valence electrons. The SMILES string of the molecule is O=C(O)c1ccc(Br)c([C@H]2CCCCN2)c1O. The smallest absolute Gasteiger partial charge is 0.339 e. The van der Waals surface area contributed by atoms with Gasteiger partial charge in [-0.15, -0.1) is 0 Å². The summed E-state index contributed by atoms with van der Waals surface area (Å²) < 4.78 is 0.749. The van der Waals surface area contributed by atoms with Gasteiger partial charge in [0.2, 0.25) is 0 Å². The molecule has 4 nitrogen and oxygen atoms in total. The highest BCUT2D eigenvalue weighted by molar-refractivity contribution is 9.10. The van der Waals surface area contributed by atoms with Crippen LogP contribution in [0.5, 0.6) is 5.75 Å². The van der Waals surface area contributed by atoms with E-state index in [4.69, 9.17) is 5.11 Å². The van der Waals surface area contributed by atoms with Crippen LogP contribution >= 0.6 is 15.9 Å². The maximum Gasteiger partial charge on any atom is 0.339 e. The number of carboxylic acids is 1. The van der Waals surface area contributed by atoms with Crippen molar-refractivity contribution in [3.05, 3.63) is 27.7 Å². The number of piperidine rings is 1. The molecule has 1 aliphatic rings. The van der Waals surface area contributed by atoms with Crippen molar-refractivity contribution in [3.8, 4) is 5.75 Å². The molecule has 0 spiro atoms. The molecule has 17 heavy (non-hydrogen) atoms. The molecule has 0 aromatic heterocycles. The standard InChI is InChI=1S/C12H14BrNO3/c13-8-5-4-7(12(16)17)11(15)10(8)9-3-1-2-6-14-9/h4-5,9,14-15H,1-3,6H2,(H,16,17)/t9-/m1/s1. The van der Waals surface area contributed by atoms with E-state index in [2.05, 4.69) is 21.2 Å². The molecule has 1 fully saturated rings. The van der Waals surface area contributed by atoms with Crippen molar-refractivity contribution < 1.29 is 15.0 Å². The van der Waals surface area contributed by atoms with Crippen LogP contribution in [0.3, 0.4) is 0 Å². The van der Waals surface area contributed by atoms with Crippen LogP contribution in [0, 0.1) is 0 Å². The number of benzene rings is 1. The van der Waals surface area contributed by atoms with Gasteiger partial charge in [-0.1, -0.05) is 22.4 Å². The number of hydrogen-bond donors (Lipinski definition) is 3. The van der Waals surface area contributed by atoms with Crippen molar-refractivity contribution >= 4 is 21.9 Å². The van der Waals surface area contributed by atoms with Gasteiger partial charge < -0.3 is 15.5 Å². The predicted molar refractivity (Wildman–Crippen MR) is 67.4 cm³/mol. The fourth-order valence-corrected chi connectivity index (χ4v) is 2.78. The van der Waals surface area contributed by atoms with Gasteiger partial charge in [-0.3, -0.25) is 0 Å². The molecule has 1 aromatic rings. The maximum atomic E-state index is 11.0. The van der Waals surface area contributed by atoms with E-state index >= 15 is 0 Å². The fourth-order valence-electron chi connectivity index (χ4n) is 2.19. The van der Waals surface area contributed by atoms with E-state index in [1.165, 1.54) is 6.07 Å². The topological polar surface area (TPSA) is 69.6 Å². The maximum absolute atomic E-state index is 11.0. The Balaban J connectivity index is 2.43. The van der Waals surface area contributed by atoms with Gasteiger partial charge in [-0.2, -0.15) is 0 Å². The average Bonchev–Trinajstić information content (AvgIpc) is 2.30. The minimum absolute atomic E-state index is 0.0254. The summed E-state index contributed by atoms with van der Waals surface area (Å²) in [6.07, 6.45) is 3.11. The highest BCUT2D eigenvalue weighted by Crippen LogP contribution is 2.37. The van der Waals surface area contributed by atoms with Crippen molar-refractivity contribution in [2.24, 2.45) is 0 Å². The van der Waals surface area contributed by atoms with Crippen LogP contribution in [0.2, 0.25) is 0 Å². The normalized spacial score (nSPS) is 20.2. The number of hydrogen-bond acceptors (Lipinski definition) is 3. The van der Waals surface area contributed by atoms with Crippen molar-refractivity contribution in [3.63, 3.8) is 0 Å². The quantitative estimate of drug-likeness (QED) is 0.785. The van der Waals surface area contributed by atoms with E-state index in [0.717, 1.165) is 30.3 Å². The summed E-state index contributed by atoms with van der Waals surface area (Å²) in [5, 5.41) is 22.3. The van der Waals surface area contributed by atoms with Gasteiger partial charge in [0, 0.05) is 16.1 Å². The first-order valence-electron chi connectivity index (χ1n) is 5.59. The van der Waals surface area contributed by atoms with E-state index in [1.807, 2.05) is 0 Å². The van der Waals surface area contributed by atoms with E-state index in [1.54, 1.807) is 6.07 Å². The van der Waals surface area contributed by atoms with Crippen LogP contribution < -0.4 is 5.32 Å². The minimum atomic E-state index is -1.10. The number of carboxylic acid groups (broad SMARTS) is 1. The molecule has 0 saturated carbocycles. The fraction of sp³-hybridized carbons (Fsp3) is 0.417. The Morgan fingerprint density at radius 2 is 2.18 bits per heavy atom. The van der Waals surface area contributed by atoms with Crippen molar-refractivity contribution in [2.75, 3.05) is 6.54 Å². The Labute approximate surface area is 108 Å². The number of carbonyl (C=O) groups is 1. The number of nitrogens with one attached hydrogen (secondary N) is 1. The molecule has 3 N–H and O–H groups in total. The van der Waals surface area contributed by atoms with Gasteiger partial charge in [-0.05, 0) is 31.5 Å². The number of phenols is 1. The monoisotopic (exact) mass is 299 g/mol. The lowest BCUT2D eigenvalue weighted by atomic mass is 9.95. The van der Waals surface area contributed by atoms with Crippen LogP contribution in [0.15, 0.2) is 16.6 Å².